The van der Waals surface area contributed by atoms with Crippen LogP contribution in [0.5, 0.6) is 0 Å². The standard InChI is InChI=1S/C11H19N3OS/c1-3-4-5-6-14(2)11(15)9-8-16-10(7-12)13-9/h8H,3-7,12H2,1-2H3. The maximum atomic E-state index is 11.9. The van der Waals surface area contributed by atoms with Gasteiger partial charge in [-0.15, -0.1) is 11.3 Å². The minimum atomic E-state index is -0.00736. The number of carbonyl (C=O) groups excluding carboxylic acids is 1. The van der Waals surface area contributed by atoms with Crippen LogP contribution in [0.1, 0.15) is 41.7 Å². The minimum absolute atomic E-state index is 0.00736. The van der Waals surface area contributed by atoms with Crippen LogP contribution in [-0.2, 0) is 6.54 Å². The van der Waals surface area contributed by atoms with Gasteiger partial charge in [-0.2, -0.15) is 0 Å². The predicted octanol–water partition coefficient (Wildman–Crippen LogP) is 1.86. The molecule has 0 aliphatic heterocycles. The molecule has 0 aliphatic rings. The molecule has 5 heteroatoms. The second kappa shape index (κ2) is 6.60. The maximum Gasteiger partial charge on any atom is 0.273 e. The normalized spacial score (nSPS) is 10.4. The molecule has 0 saturated heterocycles. The van der Waals surface area contributed by atoms with Gasteiger partial charge in [-0.05, 0) is 6.42 Å². The summed E-state index contributed by atoms with van der Waals surface area (Å²) in [6.07, 6.45) is 3.37. The zero-order valence-corrected chi connectivity index (χ0v) is 10.7. The van der Waals surface area contributed by atoms with E-state index < -0.39 is 0 Å². The van der Waals surface area contributed by atoms with Crippen molar-refractivity contribution in [1.29, 1.82) is 0 Å². The first-order chi connectivity index (χ1) is 7.69. The highest BCUT2D eigenvalue weighted by Crippen LogP contribution is 2.11. The average molecular weight is 241 g/mol. The second-order valence-corrected chi connectivity index (χ2v) is 4.71. The van der Waals surface area contributed by atoms with Gasteiger partial charge in [0.1, 0.15) is 10.7 Å². The number of rotatable bonds is 6. The summed E-state index contributed by atoms with van der Waals surface area (Å²) in [5.41, 5.74) is 5.98. The Balaban J connectivity index is 2.49. The molecule has 0 unspecified atom stereocenters. The fourth-order valence-electron chi connectivity index (χ4n) is 1.40. The van der Waals surface area contributed by atoms with Crippen LogP contribution in [0.15, 0.2) is 5.38 Å². The topological polar surface area (TPSA) is 59.2 Å². The number of carbonyl (C=O) groups is 1. The monoisotopic (exact) mass is 241 g/mol. The maximum absolute atomic E-state index is 11.9. The number of nitrogens with zero attached hydrogens (tertiary/aromatic N) is 2. The van der Waals surface area contributed by atoms with Gasteiger partial charge in [0.25, 0.3) is 5.91 Å². The Morgan fingerprint density at radius 2 is 2.31 bits per heavy atom. The summed E-state index contributed by atoms with van der Waals surface area (Å²) >= 11 is 1.44. The van der Waals surface area contributed by atoms with Crippen LogP contribution >= 0.6 is 11.3 Å². The van der Waals surface area contributed by atoms with E-state index in [9.17, 15) is 4.79 Å². The molecule has 1 heterocycles. The molecule has 0 bridgehead atoms. The van der Waals surface area contributed by atoms with E-state index in [-0.39, 0.29) is 5.91 Å². The fourth-order valence-corrected chi connectivity index (χ4v) is 2.05. The summed E-state index contributed by atoms with van der Waals surface area (Å²) < 4.78 is 0. The van der Waals surface area contributed by atoms with E-state index in [0.717, 1.165) is 30.8 Å². The third-order valence-electron chi connectivity index (χ3n) is 2.39. The highest BCUT2D eigenvalue weighted by atomic mass is 32.1. The second-order valence-electron chi connectivity index (χ2n) is 3.76. The van der Waals surface area contributed by atoms with Gasteiger partial charge < -0.3 is 10.6 Å². The van der Waals surface area contributed by atoms with Crippen molar-refractivity contribution in [1.82, 2.24) is 9.88 Å². The lowest BCUT2D eigenvalue weighted by Crippen LogP contribution is -2.28. The molecule has 0 saturated carbocycles. The number of aromatic nitrogens is 1. The van der Waals surface area contributed by atoms with Gasteiger partial charge in [0.05, 0.1) is 0 Å². The van der Waals surface area contributed by atoms with E-state index in [1.165, 1.54) is 11.3 Å². The molecule has 1 amide bonds. The Morgan fingerprint density at radius 1 is 1.56 bits per heavy atom. The van der Waals surface area contributed by atoms with E-state index in [2.05, 4.69) is 11.9 Å². The van der Waals surface area contributed by atoms with Crippen LogP contribution in [-0.4, -0.2) is 29.4 Å². The van der Waals surface area contributed by atoms with Crippen LogP contribution in [0.4, 0.5) is 0 Å². The molecular formula is C11H19N3OS. The number of hydrogen-bond donors (Lipinski definition) is 1. The number of nitrogens with two attached hydrogens (primary N) is 1. The smallest absolute Gasteiger partial charge is 0.273 e. The molecule has 1 rings (SSSR count). The Hall–Kier alpha value is -0.940. The minimum Gasteiger partial charge on any atom is -0.340 e. The SMILES string of the molecule is CCCCCN(C)C(=O)c1csc(CN)n1. The molecule has 0 fully saturated rings. The largest absolute Gasteiger partial charge is 0.340 e. The van der Waals surface area contributed by atoms with Gasteiger partial charge in [-0.1, -0.05) is 19.8 Å². The first-order valence-corrected chi connectivity index (χ1v) is 6.47. The molecule has 16 heavy (non-hydrogen) atoms. The van der Waals surface area contributed by atoms with Gasteiger partial charge in [0.15, 0.2) is 0 Å². The zero-order chi connectivity index (χ0) is 12.0. The van der Waals surface area contributed by atoms with E-state index >= 15 is 0 Å². The van der Waals surface area contributed by atoms with Crippen molar-refractivity contribution >= 4 is 17.2 Å². The lowest BCUT2D eigenvalue weighted by Gasteiger charge is -2.15. The summed E-state index contributed by atoms with van der Waals surface area (Å²) in [6.45, 7) is 3.34. The summed E-state index contributed by atoms with van der Waals surface area (Å²) in [6, 6.07) is 0. The molecular weight excluding hydrogens is 222 g/mol. The molecule has 1 aromatic heterocycles. The highest BCUT2D eigenvalue weighted by Gasteiger charge is 2.14. The third kappa shape index (κ3) is 3.57. The van der Waals surface area contributed by atoms with Crippen molar-refractivity contribution in [2.24, 2.45) is 5.73 Å². The van der Waals surface area contributed by atoms with Gasteiger partial charge in [0, 0.05) is 25.5 Å². The van der Waals surface area contributed by atoms with Crippen LogP contribution in [0.2, 0.25) is 0 Å². The Morgan fingerprint density at radius 3 is 2.88 bits per heavy atom. The molecule has 0 aliphatic carbocycles. The lowest BCUT2D eigenvalue weighted by molar-refractivity contribution is 0.0787. The van der Waals surface area contributed by atoms with Gasteiger partial charge in [-0.3, -0.25) is 4.79 Å². The van der Waals surface area contributed by atoms with E-state index in [0.29, 0.717) is 12.2 Å². The van der Waals surface area contributed by atoms with Crippen LogP contribution in [0.3, 0.4) is 0 Å². The summed E-state index contributed by atoms with van der Waals surface area (Å²) in [7, 11) is 1.82. The summed E-state index contributed by atoms with van der Waals surface area (Å²) in [4.78, 5) is 17.8. The number of amides is 1. The lowest BCUT2D eigenvalue weighted by atomic mass is 10.2. The van der Waals surface area contributed by atoms with E-state index in [1.54, 1.807) is 10.3 Å². The first-order valence-electron chi connectivity index (χ1n) is 5.59. The van der Waals surface area contributed by atoms with Gasteiger partial charge in [0.2, 0.25) is 0 Å². The molecule has 0 aromatic carbocycles. The Bertz CT molecular complexity index is 338. The highest BCUT2D eigenvalue weighted by molar-refractivity contribution is 7.09. The fraction of sp³-hybridized carbons (Fsp3) is 0.636. The molecule has 0 atom stereocenters. The predicted molar refractivity (Wildman–Crippen MR) is 66.5 cm³/mol. The Labute approximate surface area is 100 Å². The molecule has 1 aromatic rings. The van der Waals surface area contributed by atoms with Crippen LogP contribution < -0.4 is 5.73 Å². The number of hydrogen-bond acceptors (Lipinski definition) is 4. The first kappa shape index (κ1) is 13.1. The van der Waals surface area contributed by atoms with Crippen LogP contribution in [0.25, 0.3) is 0 Å². The van der Waals surface area contributed by atoms with Crippen molar-refractivity contribution in [2.75, 3.05) is 13.6 Å². The molecule has 90 valence electrons. The quantitative estimate of drug-likeness (QED) is 0.773. The van der Waals surface area contributed by atoms with E-state index in [1.807, 2.05) is 7.05 Å². The van der Waals surface area contributed by atoms with Crippen molar-refractivity contribution < 1.29 is 4.79 Å². The number of unbranched alkanes of at least 4 members (excludes halogenated alkanes) is 2. The van der Waals surface area contributed by atoms with E-state index in [4.69, 9.17) is 5.73 Å². The summed E-state index contributed by atoms with van der Waals surface area (Å²) in [5, 5.41) is 2.59. The Kier molecular flexibility index (Phi) is 5.42. The number of thiazole rings is 1. The van der Waals surface area contributed by atoms with Crippen molar-refractivity contribution in [3.05, 3.63) is 16.1 Å². The molecule has 0 spiro atoms. The molecule has 4 nitrogen and oxygen atoms in total. The van der Waals surface area contributed by atoms with Gasteiger partial charge in [-0.25, -0.2) is 4.98 Å². The van der Waals surface area contributed by atoms with Crippen molar-refractivity contribution in [3.8, 4) is 0 Å². The van der Waals surface area contributed by atoms with Crippen molar-refractivity contribution in [3.63, 3.8) is 0 Å². The van der Waals surface area contributed by atoms with Crippen molar-refractivity contribution in [2.45, 2.75) is 32.7 Å². The average Bonchev–Trinajstić information content (AvgIpc) is 2.76. The van der Waals surface area contributed by atoms with Crippen LogP contribution in [0, 0.1) is 0 Å². The zero-order valence-electron chi connectivity index (χ0n) is 9.90. The third-order valence-corrected chi connectivity index (χ3v) is 3.26. The summed E-state index contributed by atoms with van der Waals surface area (Å²) in [5.74, 6) is -0.00736. The molecule has 2 N–H and O–H groups in total. The molecule has 0 radical (unpaired) electrons. The van der Waals surface area contributed by atoms with Gasteiger partial charge >= 0.3 is 0 Å².